The second kappa shape index (κ2) is 8.15. The highest BCUT2D eigenvalue weighted by Crippen LogP contribution is 2.40. The predicted molar refractivity (Wildman–Crippen MR) is 111 cm³/mol. The summed E-state index contributed by atoms with van der Waals surface area (Å²) < 4.78 is 11.3. The Morgan fingerprint density at radius 2 is 1.90 bits per heavy atom. The number of anilines is 2. The van der Waals surface area contributed by atoms with E-state index in [-0.39, 0.29) is 18.1 Å². The molecule has 2 aromatic rings. The monoisotopic (exact) mass is 394 g/mol. The summed E-state index contributed by atoms with van der Waals surface area (Å²) in [4.78, 5) is 26.8. The maximum Gasteiger partial charge on any atom is 0.411 e. The number of nitrogens with one attached hydrogen (secondary N) is 1. The van der Waals surface area contributed by atoms with Crippen molar-refractivity contribution in [2.24, 2.45) is 0 Å². The molecule has 6 heteroatoms. The van der Waals surface area contributed by atoms with Crippen LogP contribution in [0.4, 0.5) is 16.2 Å². The van der Waals surface area contributed by atoms with Crippen LogP contribution >= 0.6 is 0 Å². The van der Waals surface area contributed by atoms with E-state index in [0.717, 1.165) is 31.2 Å². The lowest BCUT2D eigenvalue weighted by Crippen LogP contribution is -2.45. The second-order valence-electron chi connectivity index (χ2n) is 7.67. The van der Waals surface area contributed by atoms with Crippen LogP contribution in [0.25, 0.3) is 0 Å². The van der Waals surface area contributed by atoms with Crippen LogP contribution < -0.4 is 15.0 Å². The van der Waals surface area contributed by atoms with Crippen molar-refractivity contribution >= 4 is 23.4 Å². The van der Waals surface area contributed by atoms with E-state index >= 15 is 0 Å². The van der Waals surface area contributed by atoms with Crippen LogP contribution in [-0.2, 0) is 9.53 Å². The van der Waals surface area contributed by atoms with Gasteiger partial charge in [-0.1, -0.05) is 30.3 Å². The van der Waals surface area contributed by atoms with Crippen molar-refractivity contribution in [3.8, 4) is 5.75 Å². The fourth-order valence-electron chi connectivity index (χ4n) is 4.03. The molecule has 0 aromatic heterocycles. The minimum Gasteiger partial charge on any atom is -0.479 e. The van der Waals surface area contributed by atoms with Crippen molar-refractivity contribution in [2.45, 2.75) is 57.8 Å². The molecule has 1 fully saturated rings. The summed E-state index contributed by atoms with van der Waals surface area (Å²) in [5.41, 5.74) is 2.32. The summed E-state index contributed by atoms with van der Waals surface area (Å²) in [6.07, 6.45) is 3.00. The van der Waals surface area contributed by atoms with Crippen molar-refractivity contribution in [3.05, 3.63) is 54.1 Å². The van der Waals surface area contributed by atoms with Crippen LogP contribution in [0.1, 0.15) is 51.1 Å². The number of amides is 2. The fourth-order valence-corrected chi connectivity index (χ4v) is 4.03. The Morgan fingerprint density at radius 1 is 1.17 bits per heavy atom. The van der Waals surface area contributed by atoms with Gasteiger partial charge in [-0.15, -0.1) is 0 Å². The number of nitrogens with zero attached hydrogens (tertiary/aromatic N) is 1. The molecule has 6 nitrogen and oxygen atoms in total. The summed E-state index contributed by atoms with van der Waals surface area (Å²) in [7, 11) is 0. The largest absolute Gasteiger partial charge is 0.479 e. The highest BCUT2D eigenvalue weighted by molar-refractivity contribution is 6.01. The number of hydrogen-bond donors (Lipinski definition) is 1. The number of carbonyl (C=O) groups is 2. The average Bonchev–Trinajstić information content (AvgIpc) is 3.22. The second-order valence-corrected chi connectivity index (χ2v) is 7.67. The molecule has 4 rings (SSSR count). The van der Waals surface area contributed by atoms with Gasteiger partial charge < -0.3 is 9.47 Å². The van der Waals surface area contributed by atoms with Gasteiger partial charge in [-0.05, 0) is 57.2 Å². The Kier molecular flexibility index (Phi) is 5.43. The van der Waals surface area contributed by atoms with Crippen molar-refractivity contribution < 1.29 is 19.1 Å². The Hall–Kier alpha value is -3.02. The van der Waals surface area contributed by atoms with E-state index in [1.54, 1.807) is 24.0 Å². The van der Waals surface area contributed by atoms with Crippen molar-refractivity contribution in [1.82, 2.24) is 0 Å². The Morgan fingerprint density at radius 3 is 2.62 bits per heavy atom. The van der Waals surface area contributed by atoms with Crippen LogP contribution in [-0.4, -0.2) is 24.2 Å². The molecule has 1 aliphatic heterocycles. The maximum absolute atomic E-state index is 12.9. The minimum atomic E-state index is -0.602. The van der Waals surface area contributed by atoms with Gasteiger partial charge in [0.05, 0.1) is 11.7 Å². The zero-order valence-electron chi connectivity index (χ0n) is 16.8. The number of benzene rings is 2. The fraction of sp³-hybridized carbons (Fsp3) is 0.391. The molecule has 0 saturated heterocycles. The van der Waals surface area contributed by atoms with Gasteiger partial charge in [0.25, 0.3) is 5.91 Å². The molecule has 1 saturated carbocycles. The van der Waals surface area contributed by atoms with Crippen LogP contribution in [0.15, 0.2) is 48.5 Å². The molecule has 2 aliphatic rings. The first-order valence-electron chi connectivity index (χ1n) is 10.2. The lowest BCUT2D eigenvalue weighted by atomic mass is 10.0. The standard InChI is InChI=1S/C23H26N2O4/c1-15(17-8-4-3-5-9-17)25-20-13-12-18(14-21(20)28-16(2)22(25)26)24-23(27)29-19-10-6-7-11-19/h3-5,8-9,12-16,19H,6-7,10-11H2,1-2H3,(H,24,27). The lowest BCUT2D eigenvalue weighted by molar-refractivity contribution is -0.126. The molecule has 29 heavy (non-hydrogen) atoms. The van der Waals surface area contributed by atoms with Crippen LogP contribution in [0, 0.1) is 0 Å². The van der Waals surface area contributed by atoms with E-state index in [1.165, 1.54) is 0 Å². The van der Waals surface area contributed by atoms with Crippen LogP contribution in [0.5, 0.6) is 5.75 Å². The van der Waals surface area contributed by atoms with E-state index in [1.807, 2.05) is 43.3 Å². The van der Waals surface area contributed by atoms with Gasteiger partial charge in [-0.2, -0.15) is 0 Å². The zero-order chi connectivity index (χ0) is 20.4. The molecular formula is C23H26N2O4. The number of hydrogen-bond acceptors (Lipinski definition) is 4. The maximum atomic E-state index is 12.9. The van der Waals surface area contributed by atoms with Gasteiger partial charge >= 0.3 is 6.09 Å². The van der Waals surface area contributed by atoms with Crippen LogP contribution in [0.3, 0.4) is 0 Å². The van der Waals surface area contributed by atoms with Gasteiger partial charge in [0.1, 0.15) is 11.9 Å². The van der Waals surface area contributed by atoms with E-state index in [9.17, 15) is 9.59 Å². The topological polar surface area (TPSA) is 67.9 Å². The van der Waals surface area contributed by atoms with Gasteiger partial charge in [0.15, 0.2) is 6.10 Å². The molecule has 1 aliphatic carbocycles. The number of rotatable bonds is 4. The van der Waals surface area contributed by atoms with Crippen LogP contribution in [0.2, 0.25) is 0 Å². The SMILES string of the molecule is CC1Oc2cc(NC(=O)OC3CCCC3)ccc2N(C(C)c2ccccc2)C1=O. The molecule has 0 bridgehead atoms. The summed E-state index contributed by atoms with van der Waals surface area (Å²) >= 11 is 0. The smallest absolute Gasteiger partial charge is 0.411 e. The van der Waals surface area contributed by atoms with Crippen molar-refractivity contribution in [2.75, 3.05) is 10.2 Å². The summed E-state index contributed by atoms with van der Waals surface area (Å²) in [5.74, 6) is 0.480. The van der Waals surface area contributed by atoms with Crippen molar-refractivity contribution in [1.29, 1.82) is 0 Å². The zero-order valence-corrected chi connectivity index (χ0v) is 16.8. The molecule has 2 unspecified atom stereocenters. The van der Waals surface area contributed by atoms with Gasteiger partial charge in [0, 0.05) is 11.8 Å². The third-order valence-corrected chi connectivity index (χ3v) is 5.60. The van der Waals surface area contributed by atoms with E-state index < -0.39 is 12.2 Å². The normalized spacial score (nSPS) is 20.0. The highest BCUT2D eigenvalue weighted by Gasteiger charge is 2.35. The average molecular weight is 394 g/mol. The molecule has 152 valence electrons. The van der Waals surface area contributed by atoms with Gasteiger partial charge in [0.2, 0.25) is 0 Å². The molecule has 0 radical (unpaired) electrons. The van der Waals surface area contributed by atoms with E-state index in [2.05, 4.69) is 5.32 Å². The molecule has 2 aromatic carbocycles. The minimum absolute atomic E-state index is 0.00346. The number of fused-ring (bicyclic) bond motifs is 1. The predicted octanol–water partition coefficient (Wildman–Crippen LogP) is 5.05. The molecule has 0 spiro atoms. The molecular weight excluding hydrogens is 368 g/mol. The first-order chi connectivity index (χ1) is 14.0. The number of ether oxygens (including phenoxy) is 2. The lowest BCUT2D eigenvalue weighted by Gasteiger charge is -2.37. The Balaban J connectivity index is 1.55. The third-order valence-electron chi connectivity index (χ3n) is 5.60. The van der Waals surface area contributed by atoms with Gasteiger partial charge in [-0.25, -0.2) is 4.79 Å². The van der Waals surface area contributed by atoms with E-state index in [0.29, 0.717) is 17.1 Å². The highest BCUT2D eigenvalue weighted by atomic mass is 16.6. The molecule has 1 heterocycles. The molecule has 1 N–H and O–H groups in total. The quantitative estimate of drug-likeness (QED) is 0.788. The first kappa shape index (κ1) is 19.3. The molecule has 2 atom stereocenters. The molecule has 2 amide bonds. The third kappa shape index (κ3) is 4.06. The summed E-state index contributed by atoms with van der Waals surface area (Å²) in [6, 6.07) is 15.1. The summed E-state index contributed by atoms with van der Waals surface area (Å²) in [5, 5.41) is 2.78. The Labute approximate surface area is 170 Å². The number of carbonyl (C=O) groups excluding carboxylic acids is 2. The van der Waals surface area contributed by atoms with E-state index in [4.69, 9.17) is 9.47 Å². The van der Waals surface area contributed by atoms with Gasteiger partial charge in [-0.3, -0.25) is 15.0 Å². The first-order valence-corrected chi connectivity index (χ1v) is 10.2. The Bertz CT molecular complexity index is 893. The van der Waals surface area contributed by atoms with Crippen molar-refractivity contribution in [3.63, 3.8) is 0 Å². The summed E-state index contributed by atoms with van der Waals surface area (Å²) in [6.45, 7) is 3.74.